The first kappa shape index (κ1) is 10.0. The molecule has 0 aliphatic rings. The van der Waals surface area contributed by atoms with E-state index in [9.17, 15) is 4.79 Å². The van der Waals surface area contributed by atoms with Crippen LogP contribution in [0.25, 0.3) is 6.08 Å². The van der Waals surface area contributed by atoms with E-state index in [2.05, 4.69) is 0 Å². The lowest BCUT2D eigenvalue weighted by Crippen LogP contribution is -1.91. The molecule has 3 nitrogen and oxygen atoms in total. The van der Waals surface area contributed by atoms with E-state index in [0.717, 1.165) is 0 Å². The van der Waals surface area contributed by atoms with Gasteiger partial charge in [0.1, 0.15) is 11.8 Å². The zero-order chi connectivity index (χ0) is 10.4. The highest BCUT2D eigenvalue weighted by atomic mass is 16.3. The Kier molecular flexibility index (Phi) is 3.45. The Bertz CT molecular complexity index is 405. The molecule has 1 heterocycles. The van der Waals surface area contributed by atoms with Crippen LogP contribution in [-0.2, 0) is 4.79 Å². The first-order chi connectivity index (χ1) is 6.74. The van der Waals surface area contributed by atoms with E-state index in [1.165, 1.54) is 13.0 Å². The summed E-state index contributed by atoms with van der Waals surface area (Å²) in [5.41, 5.74) is 0.132. The summed E-state index contributed by atoms with van der Waals surface area (Å²) in [5, 5.41) is 8.56. The third kappa shape index (κ3) is 2.76. The molecule has 0 aromatic carbocycles. The Morgan fingerprint density at radius 2 is 2.43 bits per heavy atom. The van der Waals surface area contributed by atoms with Crippen molar-refractivity contribution in [3.05, 3.63) is 41.9 Å². The average molecular weight is 187 g/mol. The topological polar surface area (TPSA) is 54.0 Å². The Morgan fingerprint density at radius 3 is 2.93 bits per heavy atom. The van der Waals surface area contributed by atoms with E-state index in [4.69, 9.17) is 9.68 Å². The zero-order valence-electron chi connectivity index (χ0n) is 7.73. The van der Waals surface area contributed by atoms with Gasteiger partial charge in [0, 0.05) is 0 Å². The van der Waals surface area contributed by atoms with E-state index in [1.807, 2.05) is 6.07 Å². The number of ketones is 1. The van der Waals surface area contributed by atoms with E-state index >= 15 is 0 Å². The van der Waals surface area contributed by atoms with Crippen LogP contribution in [0.2, 0.25) is 0 Å². The Labute approximate surface area is 82.0 Å². The van der Waals surface area contributed by atoms with Gasteiger partial charge in [0.15, 0.2) is 5.78 Å². The fourth-order valence-electron chi connectivity index (χ4n) is 0.859. The van der Waals surface area contributed by atoms with Crippen molar-refractivity contribution < 1.29 is 9.21 Å². The van der Waals surface area contributed by atoms with Crippen molar-refractivity contribution in [2.24, 2.45) is 0 Å². The quantitative estimate of drug-likeness (QED) is 0.414. The van der Waals surface area contributed by atoms with Crippen LogP contribution in [0.3, 0.4) is 0 Å². The fourth-order valence-corrected chi connectivity index (χ4v) is 0.859. The minimum atomic E-state index is -0.239. The summed E-state index contributed by atoms with van der Waals surface area (Å²) in [6.07, 6.45) is 6.31. The normalized spacial score (nSPS) is 11.6. The van der Waals surface area contributed by atoms with Crippen molar-refractivity contribution in [1.29, 1.82) is 5.26 Å². The summed E-state index contributed by atoms with van der Waals surface area (Å²) in [7, 11) is 0. The van der Waals surface area contributed by atoms with Crippen LogP contribution in [0.5, 0.6) is 0 Å². The van der Waals surface area contributed by atoms with E-state index < -0.39 is 0 Å². The van der Waals surface area contributed by atoms with Crippen molar-refractivity contribution in [1.82, 2.24) is 0 Å². The number of hydrogen-bond acceptors (Lipinski definition) is 3. The molecule has 0 aliphatic carbocycles. The highest BCUT2D eigenvalue weighted by molar-refractivity contribution is 5.97. The fraction of sp³-hybridized carbons (Fsp3) is 0.0909. The highest BCUT2D eigenvalue weighted by Crippen LogP contribution is 2.03. The summed E-state index contributed by atoms with van der Waals surface area (Å²) in [6.45, 7) is 1.36. The minimum absolute atomic E-state index is 0.132. The number of allylic oxidation sites excluding steroid dienone is 3. The predicted octanol–water partition coefficient (Wildman–Crippen LogP) is 2.33. The van der Waals surface area contributed by atoms with Crippen molar-refractivity contribution in [3.8, 4) is 6.07 Å². The molecule has 0 amide bonds. The van der Waals surface area contributed by atoms with Crippen molar-refractivity contribution in [2.75, 3.05) is 0 Å². The largest absolute Gasteiger partial charge is 0.465 e. The molecule has 0 bridgehead atoms. The maximum atomic E-state index is 10.8. The molecule has 70 valence electrons. The Balaban J connectivity index is 2.71. The smallest absolute Gasteiger partial charge is 0.170 e. The summed E-state index contributed by atoms with van der Waals surface area (Å²) >= 11 is 0. The molecular formula is C11H9NO2. The monoisotopic (exact) mass is 187 g/mol. The number of Topliss-reactive ketones (excluding diaryl/α,β-unsaturated/α-hetero) is 1. The van der Waals surface area contributed by atoms with Crippen LogP contribution in [0, 0.1) is 11.3 Å². The SMILES string of the molecule is CC(=O)C(C#N)=CC=Cc1ccco1. The lowest BCUT2D eigenvalue weighted by Gasteiger charge is -1.85. The van der Waals surface area contributed by atoms with Gasteiger partial charge < -0.3 is 4.42 Å². The molecule has 0 atom stereocenters. The molecule has 1 rings (SSSR count). The van der Waals surface area contributed by atoms with Gasteiger partial charge in [-0.3, -0.25) is 4.79 Å². The van der Waals surface area contributed by atoms with E-state index in [1.54, 1.807) is 30.5 Å². The van der Waals surface area contributed by atoms with Crippen LogP contribution >= 0.6 is 0 Å². The third-order valence-electron chi connectivity index (χ3n) is 1.57. The maximum absolute atomic E-state index is 10.8. The van der Waals surface area contributed by atoms with Gasteiger partial charge in [0.05, 0.1) is 11.8 Å². The van der Waals surface area contributed by atoms with Gasteiger partial charge in [0.2, 0.25) is 0 Å². The molecule has 1 aromatic rings. The van der Waals surface area contributed by atoms with Gasteiger partial charge in [-0.1, -0.05) is 6.08 Å². The van der Waals surface area contributed by atoms with Crippen molar-refractivity contribution in [2.45, 2.75) is 6.92 Å². The lowest BCUT2D eigenvalue weighted by molar-refractivity contribution is -0.113. The first-order valence-corrected chi connectivity index (χ1v) is 4.07. The molecule has 0 N–H and O–H groups in total. The Hall–Kier alpha value is -2.08. The minimum Gasteiger partial charge on any atom is -0.465 e. The van der Waals surface area contributed by atoms with Crippen LogP contribution in [-0.4, -0.2) is 5.78 Å². The number of nitriles is 1. The molecule has 0 spiro atoms. The number of carbonyl (C=O) groups excluding carboxylic acids is 1. The predicted molar refractivity (Wildman–Crippen MR) is 52.1 cm³/mol. The highest BCUT2D eigenvalue weighted by Gasteiger charge is 1.98. The molecule has 0 saturated carbocycles. The standard InChI is InChI=1S/C11H9NO2/c1-9(13)10(8-12)4-2-5-11-6-3-7-14-11/h2-7H,1H3. The molecule has 0 fully saturated rings. The van der Waals surface area contributed by atoms with Crippen LogP contribution in [0.15, 0.2) is 40.5 Å². The number of furan rings is 1. The van der Waals surface area contributed by atoms with E-state index in [0.29, 0.717) is 5.76 Å². The van der Waals surface area contributed by atoms with Gasteiger partial charge >= 0.3 is 0 Å². The lowest BCUT2D eigenvalue weighted by atomic mass is 10.2. The van der Waals surface area contributed by atoms with Gasteiger partial charge in [-0.15, -0.1) is 0 Å². The van der Waals surface area contributed by atoms with E-state index in [-0.39, 0.29) is 11.4 Å². The second-order valence-electron chi connectivity index (χ2n) is 2.62. The molecule has 0 saturated heterocycles. The zero-order valence-corrected chi connectivity index (χ0v) is 7.73. The molecule has 0 unspecified atom stereocenters. The second-order valence-corrected chi connectivity index (χ2v) is 2.62. The molecular weight excluding hydrogens is 178 g/mol. The first-order valence-electron chi connectivity index (χ1n) is 4.07. The average Bonchev–Trinajstić information content (AvgIpc) is 2.64. The number of carbonyl (C=O) groups is 1. The van der Waals surface area contributed by atoms with Crippen LogP contribution in [0.4, 0.5) is 0 Å². The van der Waals surface area contributed by atoms with Crippen molar-refractivity contribution in [3.63, 3.8) is 0 Å². The molecule has 3 heteroatoms. The van der Waals surface area contributed by atoms with Gasteiger partial charge in [-0.05, 0) is 31.2 Å². The van der Waals surface area contributed by atoms with Crippen LogP contribution in [0.1, 0.15) is 12.7 Å². The molecule has 1 aromatic heterocycles. The maximum Gasteiger partial charge on any atom is 0.170 e. The molecule has 14 heavy (non-hydrogen) atoms. The molecule has 0 aliphatic heterocycles. The summed E-state index contributed by atoms with van der Waals surface area (Å²) < 4.78 is 5.03. The summed E-state index contributed by atoms with van der Waals surface area (Å²) in [5.74, 6) is 0.443. The van der Waals surface area contributed by atoms with Crippen molar-refractivity contribution >= 4 is 11.9 Å². The Morgan fingerprint density at radius 1 is 1.64 bits per heavy atom. The third-order valence-corrected chi connectivity index (χ3v) is 1.57. The summed E-state index contributed by atoms with van der Waals surface area (Å²) in [4.78, 5) is 10.8. The number of hydrogen-bond donors (Lipinski definition) is 0. The number of rotatable bonds is 3. The van der Waals surface area contributed by atoms with Gasteiger partial charge in [-0.25, -0.2) is 0 Å². The summed E-state index contributed by atoms with van der Waals surface area (Å²) in [6, 6.07) is 5.36. The molecule has 0 radical (unpaired) electrons. The van der Waals surface area contributed by atoms with Gasteiger partial charge in [-0.2, -0.15) is 5.26 Å². The van der Waals surface area contributed by atoms with Gasteiger partial charge in [0.25, 0.3) is 0 Å². The van der Waals surface area contributed by atoms with Crippen LogP contribution < -0.4 is 0 Å². The second kappa shape index (κ2) is 4.83. The number of nitrogens with zero attached hydrogens (tertiary/aromatic N) is 1.